The molecule has 0 fully saturated rings. The topological polar surface area (TPSA) is 40.5 Å². The Morgan fingerprint density at radius 3 is 2.15 bits per heavy atom. The van der Waals surface area contributed by atoms with Gasteiger partial charge in [0, 0.05) is 0 Å². The number of phenols is 1. The van der Waals surface area contributed by atoms with Crippen LogP contribution in [0.5, 0.6) is 5.75 Å². The van der Waals surface area contributed by atoms with Crippen molar-refractivity contribution in [2.24, 2.45) is 0 Å². The summed E-state index contributed by atoms with van der Waals surface area (Å²) in [6.45, 7) is 2.54. The van der Waals surface area contributed by atoms with Crippen LogP contribution in [0.25, 0.3) is 0 Å². The number of halogens is 2. The maximum atomic E-state index is 13.1. The summed E-state index contributed by atoms with van der Waals surface area (Å²) in [4.78, 5) is 0. The van der Waals surface area contributed by atoms with Crippen molar-refractivity contribution >= 4 is 0 Å². The molecule has 0 heterocycles. The van der Waals surface area contributed by atoms with E-state index in [1.54, 1.807) is 0 Å². The molecule has 13 heavy (non-hydrogen) atoms. The Morgan fingerprint density at radius 2 is 1.77 bits per heavy atom. The van der Waals surface area contributed by atoms with Gasteiger partial charge in [-0.1, -0.05) is 0 Å². The molecule has 1 aromatic carbocycles. The lowest BCUT2D eigenvalue weighted by Crippen LogP contribution is -2.18. The van der Waals surface area contributed by atoms with Crippen molar-refractivity contribution in [1.29, 1.82) is 0 Å². The molecule has 0 aliphatic carbocycles. The van der Waals surface area contributed by atoms with E-state index in [9.17, 15) is 19.0 Å². The van der Waals surface area contributed by atoms with Gasteiger partial charge in [0.25, 0.3) is 0 Å². The highest BCUT2D eigenvalue weighted by atomic mass is 19.2. The standard InChI is InChI=1S/C9H10F2O2/c1-9(2,13)7-6(12)4-3-5(10)8(7)11/h3-4,12-13H,1-2H3. The quantitative estimate of drug-likeness (QED) is 0.706. The third kappa shape index (κ3) is 1.78. The maximum Gasteiger partial charge on any atom is 0.168 e. The van der Waals surface area contributed by atoms with Gasteiger partial charge in [-0.05, 0) is 26.0 Å². The summed E-state index contributed by atoms with van der Waals surface area (Å²) in [6.07, 6.45) is 0. The third-order valence-electron chi connectivity index (χ3n) is 1.68. The molecule has 0 atom stereocenters. The summed E-state index contributed by atoms with van der Waals surface area (Å²) in [5, 5.41) is 18.6. The molecule has 0 radical (unpaired) electrons. The Balaban J connectivity index is 3.43. The second-order valence-electron chi connectivity index (χ2n) is 3.31. The number of hydrogen-bond donors (Lipinski definition) is 2. The smallest absolute Gasteiger partial charge is 0.168 e. The van der Waals surface area contributed by atoms with Crippen molar-refractivity contribution in [2.45, 2.75) is 19.4 Å². The zero-order valence-corrected chi connectivity index (χ0v) is 7.31. The number of hydrogen-bond acceptors (Lipinski definition) is 2. The number of benzene rings is 1. The fraction of sp³-hybridized carbons (Fsp3) is 0.333. The summed E-state index contributed by atoms with van der Waals surface area (Å²) in [6, 6.07) is 1.81. The Bertz CT molecular complexity index is 329. The first-order chi connectivity index (χ1) is 5.84. The van der Waals surface area contributed by atoms with Crippen molar-refractivity contribution in [2.75, 3.05) is 0 Å². The SMILES string of the molecule is CC(C)(O)c1c(O)ccc(F)c1F. The van der Waals surface area contributed by atoms with Crippen LogP contribution in [0.15, 0.2) is 12.1 Å². The summed E-state index contributed by atoms with van der Waals surface area (Å²) in [5.41, 5.74) is -2.02. The minimum atomic E-state index is -1.60. The first-order valence-corrected chi connectivity index (χ1v) is 3.74. The van der Waals surface area contributed by atoms with Gasteiger partial charge in [0.1, 0.15) is 5.75 Å². The second-order valence-corrected chi connectivity index (χ2v) is 3.31. The molecule has 2 nitrogen and oxygen atoms in total. The lowest BCUT2D eigenvalue weighted by molar-refractivity contribution is 0.0707. The lowest BCUT2D eigenvalue weighted by Gasteiger charge is -2.19. The van der Waals surface area contributed by atoms with Crippen molar-refractivity contribution in [1.82, 2.24) is 0 Å². The first kappa shape index (κ1) is 9.92. The largest absolute Gasteiger partial charge is 0.507 e. The van der Waals surface area contributed by atoms with Gasteiger partial charge in [0.2, 0.25) is 0 Å². The molecule has 1 aromatic rings. The monoisotopic (exact) mass is 188 g/mol. The summed E-state index contributed by atoms with van der Waals surface area (Å²) >= 11 is 0. The highest BCUT2D eigenvalue weighted by Gasteiger charge is 2.26. The van der Waals surface area contributed by atoms with Gasteiger partial charge in [-0.3, -0.25) is 0 Å². The Morgan fingerprint density at radius 1 is 1.23 bits per heavy atom. The van der Waals surface area contributed by atoms with Crippen molar-refractivity contribution < 1.29 is 19.0 Å². The highest BCUT2D eigenvalue weighted by molar-refractivity contribution is 5.37. The van der Waals surface area contributed by atoms with Gasteiger partial charge >= 0.3 is 0 Å². The summed E-state index contributed by atoms with van der Waals surface area (Å²) in [7, 11) is 0. The average molecular weight is 188 g/mol. The lowest BCUT2D eigenvalue weighted by atomic mass is 9.96. The average Bonchev–Trinajstić information content (AvgIpc) is 1.95. The minimum Gasteiger partial charge on any atom is -0.507 e. The van der Waals surface area contributed by atoms with Gasteiger partial charge in [-0.2, -0.15) is 0 Å². The Labute approximate surface area is 74.4 Å². The van der Waals surface area contributed by atoms with Crippen LogP contribution in [0, 0.1) is 11.6 Å². The molecular weight excluding hydrogens is 178 g/mol. The fourth-order valence-electron chi connectivity index (χ4n) is 1.12. The molecule has 0 spiro atoms. The molecule has 0 amide bonds. The van der Waals surface area contributed by atoms with Gasteiger partial charge in [0.05, 0.1) is 11.2 Å². The van der Waals surface area contributed by atoms with Gasteiger partial charge in [-0.15, -0.1) is 0 Å². The maximum absolute atomic E-state index is 13.1. The van der Waals surface area contributed by atoms with Crippen LogP contribution in [-0.4, -0.2) is 10.2 Å². The van der Waals surface area contributed by atoms with E-state index in [1.165, 1.54) is 13.8 Å². The predicted octanol–water partition coefficient (Wildman–Crippen LogP) is 1.90. The predicted molar refractivity (Wildman–Crippen MR) is 43.3 cm³/mol. The molecule has 4 heteroatoms. The number of rotatable bonds is 1. The first-order valence-electron chi connectivity index (χ1n) is 3.74. The van der Waals surface area contributed by atoms with E-state index in [-0.39, 0.29) is 0 Å². The molecular formula is C9H10F2O2. The normalized spacial score (nSPS) is 11.8. The van der Waals surface area contributed by atoms with Gasteiger partial charge < -0.3 is 10.2 Å². The highest BCUT2D eigenvalue weighted by Crippen LogP contribution is 2.32. The Kier molecular flexibility index (Phi) is 2.26. The number of aliphatic hydroxyl groups is 1. The molecule has 0 saturated carbocycles. The molecule has 0 aliphatic rings. The van der Waals surface area contributed by atoms with Crippen molar-refractivity contribution in [3.8, 4) is 5.75 Å². The van der Waals surface area contributed by atoms with E-state index in [4.69, 9.17) is 0 Å². The third-order valence-corrected chi connectivity index (χ3v) is 1.68. The fourth-order valence-corrected chi connectivity index (χ4v) is 1.12. The minimum absolute atomic E-state index is 0.424. The van der Waals surface area contributed by atoms with Gasteiger partial charge in [-0.25, -0.2) is 8.78 Å². The van der Waals surface area contributed by atoms with E-state index in [2.05, 4.69) is 0 Å². The van der Waals surface area contributed by atoms with Crippen LogP contribution < -0.4 is 0 Å². The van der Waals surface area contributed by atoms with E-state index in [1.807, 2.05) is 0 Å². The van der Waals surface area contributed by atoms with E-state index in [0.717, 1.165) is 12.1 Å². The van der Waals surface area contributed by atoms with Gasteiger partial charge in [0.15, 0.2) is 11.6 Å². The van der Waals surface area contributed by atoms with Crippen LogP contribution in [0.1, 0.15) is 19.4 Å². The van der Waals surface area contributed by atoms with Crippen LogP contribution in [0.4, 0.5) is 8.78 Å². The molecule has 0 bridgehead atoms. The molecule has 1 rings (SSSR count). The molecule has 2 N–H and O–H groups in total. The number of aromatic hydroxyl groups is 1. The van der Waals surface area contributed by atoms with Crippen LogP contribution in [0.2, 0.25) is 0 Å². The zero-order chi connectivity index (χ0) is 10.2. The Hall–Kier alpha value is -1.16. The molecule has 0 aliphatic heterocycles. The molecule has 72 valence electrons. The molecule has 0 unspecified atom stereocenters. The second kappa shape index (κ2) is 2.96. The van der Waals surface area contributed by atoms with Crippen molar-refractivity contribution in [3.63, 3.8) is 0 Å². The zero-order valence-electron chi connectivity index (χ0n) is 7.31. The van der Waals surface area contributed by atoms with Crippen molar-refractivity contribution in [3.05, 3.63) is 29.3 Å². The van der Waals surface area contributed by atoms with E-state index >= 15 is 0 Å². The number of phenolic OH excluding ortho intramolecular Hbond substituents is 1. The van der Waals surface area contributed by atoms with E-state index in [0.29, 0.717) is 0 Å². The summed E-state index contributed by atoms with van der Waals surface area (Å²) in [5.74, 6) is -2.76. The van der Waals surface area contributed by atoms with Crippen LogP contribution in [0.3, 0.4) is 0 Å². The van der Waals surface area contributed by atoms with E-state index < -0.39 is 28.5 Å². The summed E-state index contributed by atoms with van der Waals surface area (Å²) < 4.78 is 25.8. The van der Waals surface area contributed by atoms with Crippen LogP contribution >= 0.6 is 0 Å². The van der Waals surface area contributed by atoms with Crippen LogP contribution in [-0.2, 0) is 5.60 Å². The molecule has 0 saturated heterocycles. The molecule has 0 aromatic heterocycles.